The van der Waals surface area contributed by atoms with E-state index in [0.717, 1.165) is 61.2 Å². The average Bonchev–Trinajstić information content (AvgIpc) is 2.87. The monoisotopic (exact) mass is 427 g/mol. The molecule has 1 aliphatic rings. The van der Waals surface area contributed by atoms with Gasteiger partial charge in [-0.05, 0) is 61.5 Å². The number of rotatable bonds is 9. The maximum Gasteiger partial charge on any atom is 0.162 e. The molecule has 0 bridgehead atoms. The van der Waals surface area contributed by atoms with Crippen LogP contribution in [0.25, 0.3) is 0 Å². The molecule has 32 heavy (non-hydrogen) atoms. The second-order valence-electron chi connectivity index (χ2n) is 8.58. The molecule has 0 spiro atoms. The van der Waals surface area contributed by atoms with Crippen LogP contribution in [-0.4, -0.2) is 30.9 Å². The predicted octanol–water partition coefficient (Wildman–Crippen LogP) is 6.02. The number of nitrogens with zero attached hydrogens (tertiary/aromatic N) is 1. The van der Waals surface area contributed by atoms with Crippen LogP contribution in [0.1, 0.15) is 48.8 Å². The van der Waals surface area contributed by atoms with Crippen LogP contribution in [0.4, 0.5) is 0 Å². The van der Waals surface area contributed by atoms with E-state index in [2.05, 4.69) is 59.5 Å². The number of methoxy groups -OCH3 is 1. The Hall–Kier alpha value is -2.91. The maximum absolute atomic E-state index is 14.2. The van der Waals surface area contributed by atoms with Crippen LogP contribution >= 0.6 is 0 Å². The van der Waals surface area contributed by atoms with Gasteiger partial charge in [0.1, 0.15) is 11.3 Å². The second kappa shape index (κ2) is 10.6. The van der Waals surface area contributed by atoms with Gasteiger partial charge in [0.15, 0.2) is 5.78 Å². The van der Waals surface area contributed by atoms with E-state index in [0.29, 0.717) is 6.42 Å². The third kappa shape index (κ3) is 4.49. The Morgan fingerprint density at radius 3 is 1.97 bits per heavy atom. The summed E-state index contributed by atoms with van der Waals surface area (Å²) >= 11 is 0. The molecule has 0 unspecified atom stereocenters. The van der Waals surface area contributed by atoms with Gasteiger partial charge in [0.2, 0.25) is 0 Å². The summed E-state index contributed by atoms with van der Waals surface area (Å²) in [6.07, 6.45) is 5.66. The fourth-order valence-corrected chi connectivity index (χ4v) is 5.15. The Morgan fingerprint density at radius 2 is 1.38 bits per heavy atom. The molecule has 0 radical (unpaired) electrons. The summed E-state index contributed by atoms with van der Waals surface area (Å²) in [7, 11) is 1.70. The summed E-state index contributed by atoms with van der Waals surface area (Å²) in [5.74, 6) is 1.18. The minimum Gasteiger partial charge on any atom is -0.496 e. The normalized spacial score (nSPS) is 14.8. The second-order valence-corrected chi connectivity index (χ2v) is 8.58. The van der Waals surface area contributed by atoms with Gasteiger partial charge in [0.05, 0.1) is 7.11 Å². The van der Waals surface area contributed by atoms with Gasteiger partial charge in [0, 0.05) is 6.42 Å². The zero-order valence-corrected chi connectivity index (χ0v) is 19.0. The summed E-state index contributed by atoms with van der Waals surface area (Å²) in [5, 5.41) is 0. The molecule has 1 saturated heterocycles. The molecular formula is C29H33NO2. The first kappa shape index (κ1) is 22.3. The number of piperidine rings is 1. The molecule has 4 rings (SSSR count). The smallest absolute Gasteiger partial charge is 0.162 e. The van der Waals surface area contributed by atoms with Crippen LogP contribution in [0.15, 0.2) is 84.9 Å². The number of ether oxygens (including phenoxy) is 1. The van der Waals surface area contributed by atoms with Gasteiger partial charge in [-0.3, -0.25) is 9.69 Å². The van der Waals surface area contributed by atoms with Crippen LogP contribution in [0.2, 0.25) is 0 Å². The first-order valence-electron chi connectivity index (χ1n) is 11.8. The van der Waals surface area contributed by atoms with Crippen molar-refractivity contribution in [2.75, 3.05) is 20.2 Å². The summed E-state index contributed by atoms with van der Waals surface area (Å²) in [5.41, 5.74) is 2.58. The highest BCUT2D eigenvalue weighted by Crippen LogP contribution is 2.40. The summed E-state index contributed by atoms with van der Waals surface area (Å²) in [6.45, 7) is 1.89. The highest BCUT2D eigenvalue weighted by molar-refractivity contribution is 5.93. The average molecular weight is 428 g/mol. The SMILES string of the molecule is COc1ccccc1CCCC(=O)C(c1ccccc1)(c1ccccc1)N1CCCCC1. The van der Waals surface area contributed by atoms with E-state index in [4.69, 9.17) is 4.74 Å². The van der Waals surface area contributed by atoms with E-state index >= 15 is 0 Å². The Bertz CT molecular complexity index is 954. The number of hydrogen-bond acceptors (Lipinski definition) is 3. The molecule has 3 heteroatoms. The number of carbonyl (C=O) groups excluding carboxylic acids is 1. The minimum atomic E-state index is -0.732. The van der Waals surface area contributed by atoms with Crippen molar-refractivity contribution in [3.8, 4) is 5.75 Å². The van der Waals surface area contributed by atoms with Crippen molar-refractivity contribution in [3.63, 3.8) is 0 Å². The zero-order chi connectivity index (χ0) is 22.2. The highest BCUT2D eigenvalue weighted by atomic mass is 16.5. The van der Waals surface area contributed by atoms with Crippen molar-refractivity contribution in [1.82, 2.24) is 4.90 Å². The molecule has 0 saturated carbocycles. The van der Waals surface area contributed by atoms with Gasteiger partial charge in [-0.2, -0.15) is 0 Å². The Kier molecular flexibility index (Phi) is 7.39. The number of likely N-dealkylation sites (tertiary alicyclic amines) is 1. The molecule has 3 nitrogen and oxygen atoms in total. The van der Waals surface area contributed by atoms with Crippen LogP contribution in [0.3, 0.4) is 0 Å². The van der Waals surface area contributed by atoms with Gasteiger partial charge in [-0.25, -0.2) is 0 Å². The molecule has 0 aromatic heterocycles. The van der Waals surface area contributed by atoms with Crippen molar-refractivity contribution in [3.05, 3.63) is 102 Å². The lowest BCUT2D eigenvalue weighted by atomic mass is 9.75. The van der Waals surface area contributed by atoms with Crippen molar-refractivity contribution in [1.29, 1.82) is 0 Å². The number of benzene rings is 3. The highest BCUT2D eigenvalue weighted by Gasteiger charge is 2.46. The third-order valence-electron chi connectivity index (χ3n) is 6.66. The Morgan fingerprint density at radius 1 is 0.812 bits per heavy atom. The molecule has 0 aliphatic carbocycles. The molecule has 1 fully saturated rings. The van der Waals surface area contributed by atoms with E-state index in [1.54, 1.807) is 7.11 Å². The zero-order valence-electron chi connectivity index (χ0n) is 19.0. The molecule has 1 aliphatic heterocycles. The molecule has 0 amide bonds. The van der Waals surface area contributed by atoms with E-state index in [-0.39, 0.29) is 5.78 Å². The lowest BCUT2D eigenvalue weighted by Gasteiger charge is -2.45. The van der Waals surface area contributed by atoms with Crippen molar-refractivity contribution in [2.45, 2.75) is 44.1 Å². The molecule has 0 atom stereocenters. The van der Waals surface area contributed by atoms with Gasteiger partial charge >= 0.3 is 0 Å². The topological polar surface area (TPSA) is 29.5 Å². The lowest BCUT2D eigenvalue weighted by Crippen LogP contribution is -2.54. The van der Waals surface area contributed by atoms with Crippen LogP contribution in [0, 0.1) is 0 Å². The summed E-state index contributed by atoms with van der Waals surface area (Å²) in [6, 6.07) is 28.9. The molecule has 3 aromatic rings. The lowest BCUT2D eigenvalue weighted by molar-refractivity contribution is -0.130. The first-order valence-corrected chi connectivity index (χ1v) is 11.8. The third-order valence-corrected chi connectivity index (χ3v) is 6.66. The van der Waals surface area contributed by atoms with E-state index in [1.165, 1.54) is 6.42 Å². The molecular weight excluding hydrogens is 394 g/mol. The van der Waals surface area contributed by atoms with Gasteiger partial charge in [-0.15, -0.1) is 0 Å². The minimum absolute atomic E-state index is 0.284. The van der Waals surface area contributed by atoms with Crippen molar-refractivity contribution < 1.29 is 9.53 Å². The van der Waals surface area contributed by atoms with Gasteiger partial charge in [-0.1, -0.05) is 85.3 Å². The number of aryl methyl sites for hydroxylation is 1. The van der Waals surface area contributed by atoms with E-state index < -0.39 is 5.54 Å². The number of ketones is 1. The molecule has 3 aromatic carbocycles. The summed E-state index contributed by atoms with van der Waals surface area (Å²) in [4.78, 5) is 16.7. The number of Topliss-reactive ketones (excluding diaryl/α,β-unsaturated/α-hetero) is 1. The van der Waals surface area contributed by atoms with E-state index in [1.807, 2.05) is 30.3 Å². The quantitative estimate of drug-likeness (QED) is 0.418. The van der Waals surface area contributed by atoms with Crippen molar-refractivity contribution >= 4 is 5.78 Å². The fourth-order valence-electron chi connectivity index (χ4n) is 5.15. The fraction of sp³-hybridized carbons (Fsp3) is 0.345. The van der Waals surface area contributed by atoms with Crippen LogP contribution in [-0.2, 0) is 16.8 Å². The molecule has 1 heterocycles. The van der Waals surface area contributed by atoms with Gasteiger partial charge in [0.25, 0.3) is 0 Å². The first-order chi connectivity index (χ1) is 15.8. The molecule has 0 N–H and O–H groups in total. The Labute approximate surface area is 192 Å². The van der Waals surface area contributed by atoms with E-state index in [9.17, 15) is 4.79 Å². The van der Waals surface area contributed by atoms with Gasteiger partial charge < -0.3 is 4.74 Å². The standard InChI is InChI=1S/C29H33NO2/c1-32-27-20-10-9-14-24(27)15-13-21-28(31)29(25-16-5-2-6-17-25,26-18-7-3-8-19-26)30-22-11-4-12-23-30/h2-3,5-10,14,16-20H,4,11-13,15,21-23H2,1H3. The molecule has 166 valence electrons. The predicted molar refractivity (Wildman–Crippen MR) is 130 cm³/mol. The van der Waals surface area contributed by atoms with Crippen LogP contribution in [0.5, 0.6) is 5.75 Å². The number of para-hydroxylation sites is 1. The maximum atomic E-state index is 14.2. The largest absolute Gasteiger partial charge is 0.496 e. The Balaban J connectivity index is 1.68. The number of hydrogen-bond donors (Lipinski definition) is 0. The van der Waals surface area contributed by atoms with Crippen LogP contribution < -0.4 is 4.74 Å². The summed E-state index contributed by atoms with van der Waals surface area (Å²) < 4.78 is 5.51. The van der Waals surface area contributed by atoms with Crippen molar-refractivity contribution in [2.24, 2.45) is 0 Å². The number of carbonyl (C=O) groups is 1.